The Morgan fingerprint density at radius 3 is 2.81 bits per heavy atom. The van der Waals surface area contributed by atoms with E-state index in [9.17, 15) is 15.0 Å². The zero-order valence-electron chi connectivity index (χ0n) is 18.9. The van der Waals surface area contributed by atoms with Crippen LogP contribution < -0.4 is 16.4 Å². The maximum atomic E-state index is 12.1. The second-order valence-electron chi connectivity index (χ2n) is 9.79. The molecule has 1 aliphatic heterocycles. The van der Waals surface area contributed by atoms with Crippen molar-refractivity contribution in [2.45, 2.75) is 38.7 Å². The predicted octanol–water partition coefficient (Wildman–Crippen LogP) is 0.754. The summed E-state index contributed by atoms with van der Waals surface area (Å²) >= 11 is 0. The highest BCUT2D eigenvalue weighted by Gasteiger charge is 2.72. The van der Waals surface area contributed by atoms with Gasteiger partial charge in [0.1, 0.15) is 0 Å². The molecule has 2 bridgehead atoms. The number of carbonyl (C=O) groups is 1. The van der Waals surface area contributed by atoms with Gasteiger partial charge in [-0.1, -0.05) is 13.0 Å². The van der Waals surface area contributed by atoms with Crippen molar-refractivity contribution in [2.75, 3.05) is 40.3 Å². The minimum Gasteiger partial charge on any atom is -0.478 e. The van der Waals surface area contributed by atoms with Crippen LogP contribution in [-0.2, 0) is 4.79 Å². The number of likely N-dealkylation sites (N-methyl/N-ethyl adjacent to an activating group) is 1. The van der Waals surface area contributed by atoms with E-state index in [1.54, 1.807) is 0 Å². The Bertz CT molecular complexity index is 824. The molecular weight excluding hydrogens is 394 g/mol. The number of allylic oxidation sites excluding steroid dienone is 1. The fourth-order valence-corrected chi connectivity index (χ4v) is 7.55. The summed E-state index contributed by atoms with van der Waals surface area (Å²) < 4.78 is 0. The molecular formula is C23H37N5O3. The van der Waals surface area contributed by atoms with Crippen molar-refractivity contribution in [1.82, 2.24) is 15.5 Å². The van der Waals surface area contributed by atoms with Gasteiger partial charge >= 0.3 is 5.97 Å². The summed E-state index contributed by atoms with van der Waals surface area (Å²) in [5.41, 5.74) is 7.17. The number of nitrogens with zero attached hydrogens (tertiary/aromatic N) is 2. The molecule has 3 aliphatic carbocycles. The Morgan fingerprint density at radius 2 is 2.13 bits per heavy atom. The summed E-state index contributed by atoms with van der Waals surface area (Å²) in [5.74, 6) is 0.463. The number of aliphatic imine (C=N–C) groups is 1. The van der Waals surface area contributed by atoms with Crippen LogP contribution >= 0.6 is 0 Å². The smallest absolute Gasteiger partial charge is 0.334 e. The van der Waals surface area contributed by atoms with E-state index in [0.29, 0.717) is 37.3 Å². The molecule has 0 radical (unpaired) electrons. The van der Waals surface area contributed by atoms with E-state index in [1.165, 1.54) is 0 Å². The number of aliphatic carboxylic acids is 1. The first-order chi connectivity index (χ1) is 14.8. The van der Waals surface area contributed by atoms with E-state index in [0.717, 1.165) is 37.9 Å². The number of hydrogen-bond donors (Lipinski definition) is 5. The highest BCUT2D eigenvalue weighted by atomic mass is 16.4. The molecule has 6 N–H and O–H groups in total. The van der Waals surface area contributed by atoms with Crippen molar-refractivity contribution in [2.24, 2.45) is 39.3 Å². The summed E-state index contributed by atoms with van der Waals surface area (Å²) in [7, 11) is 3.86. The molecule has 0 unspecified atom stereocenters. The van der Waals surface area contributed by atoms with E-state index < -0.39 is 12.1 Å². The van der Waals surface area contributed by atoms with Crippen LogP contribution in [0.3, 0.4) is 0 Å². The van der Waals surface area contributed by atoms with Gasteiger partial charge in [-0.05, 0) is 63.1 Å². The second-order valence-corrected chi connectivity index (χ2v) is 9.79. The van der Waals surface area contributed by atoms with Crippen LogP contribution in [0.2, 0.25) is 0 Å². The average Bonchev–Trinajstić information content (AvgIpc) is 3.10. The van der Waals surface area contributed by atoms with Crippen molar-refractivity contribution in [3.8, 4) is 0 Å². The molecule has 4 aliphatic rings. The summed E-state index contributed by atoms with van der Waals surface area (Å²) in [6.07, 6.45) is 6.80. The Morgan fingerprint density at radius 1 is 1.35 bits per heavy atom. The molecule has 8 nitrogen and oxygen atoms in total. The predicted molar refractivity (Wildman–Crippen MR) is 120 cm³/mol. The Balaban J connectivity index is 1.83. The Labute approximate surface area is 184 Å². The number of rotatable bonds is 6. The van der Waals surface area contributed by atoms with Crippen molar-refractivity contribution >= 4 is 11.9 Å². The zero-order valence-corrected chi connectivity index (χ0v) is 18.9. The minimum atomic E-state index is -0.962. The lowest BCUT2D eigenvalue weighted by Gasteiger charge is -2.60. The number of nitrogens with one attached hydrogen (secondary N) is 2. The summed E-state index contributed by atoms with van der Waals surface area (Å²) in [6, 6.07) is 0. The van der Waals surface area contributed by atoms with Crippen molar-refractivity contribution in [1.29, 1.82) is 0 Å². The third kappa shape index (κ3) is 3.06. The van der Waals surface area contributed by atoms with Crippen LogP contribution in [0.15, 0.2) is 28.4 Å². The molecule has 6 atom stereocenters. The topological polar surface area (TPSA) is 123 Å². The third-order valence-corrected chi connectivity index (χ3v) is 8.69. The first-order valence-corrected chi connectivity index (χ1v) is 11.5. The molecule has 0 aromatic heterocycles. The van der Waals surface area contributed by atoms with Crippen LogP contribution in [0.4, 0.5) is 0 Å². The lowest BCUT2D eigenvalue weighted by molar-refractivity contribution is -0.133. The van der Waals surface area contributed by atoms with Gasteiger partial charge in [0, 0.05) is 36.7 Å². The van der Waals surface area contributed by atoms with E-state index >= 15 is 0 Å². The molecule has 4 rings (SSSR count). The van der Waals surface area contributed by atoms with Crippen LogP contribution in [0.25, 0.3) is 0 Å². The number of carboxylic acids is 1. The van der Waals surface area contributed by atoms with Crippen molar-refractivity contribution < 1.29 is 15.0 Å². The maximum Gasteiger partial charge on any atom is 0.334 e. The van der Waals surface area contributed by atoms with E-state index in [2.05, 4.69) is 33.5 Å². The molecule has 2 spiro atoms. The summed E-state index contributed by atoms with van der Waals surface area (Å²) in [5, 5.41) is 27.3. The molecule has 2 fully saturated rings. The molecule has 0 amide bonds. The monoisotopic (exact) mass is 431 g/mol. The van der Waals surface area contributed by atoms with E-state index in [4.69, 9.17) is 5.73 Å². The standard InChI is InChI=1S/C23H37N5O3/c1-14-4-5-15-10-17-19(20(30)31)18(29)11-22(14,17)23(15)13-28(9-6-16(23)12-26-3)21(24)27-8-7-25-2/h6,9,14-16,18,25-26,29H,4-5,7-8,10-13H2,1-3H3,(H2,24,27)(H,30,31)/t14-,15-,16-,18+,22+,23-/m1/s1. The van der Waals surface area contributed by atoms with Crippen LogP contribution in [0, 0.1) is 28.6 Å². The molecule has 1 heterocycles. The van der Waals surface area contributed by atoms with Gasteiger partial charge in [-0.25, -0.2) is 4.79 Å². The fraction of sp³-hybridized carbons (Fsp3) is 0.739. The Hall–Kier alpha value is -1.90. The lowest BCUT2D eigenvalue weighted by Crippen LogP contribution is -2.62. The van der Waals surface area contributed by atoms with Crippen molar-refractivity contribution in [3.63, 3.8) is 0 Å². The highest BCUT2D eigenvalue weighted by molar-refractivity contribution is 5.90. The summed E-state index contributed by atoms with van der Waals surface area (Å²) in [6.45, 7) is 5.15. The number of nitrogens with two attached hydrogens (primary N) is 1. The van der Waals surface area contributed by atoms with Gasteiger partial charge in [0.05, 0.1) is 18.2 Å². The number of aliphatic hydroxyl groups excluding tert-OH is 1. The van der Waals surface area contributed by atoms with Gasteiger partial charge in [0.15, 0.2) is 5.96 Å². The van der Waals surface area contributed by atoms with Crippen LogP contribution in [-0.4, -0.2) is 73.4 Å². The molecule has 31 heavy (non-hydrogen) atoms. The molecule has 172 valence electrons. The van der Waals surface area contributed by atoms with Gasteiger partial charge in [-0.3, -0.25) is 4.99 Å². The van der Waals surface area contributed by atoms with Gasteiger partial charge in [-0.15, -0.1) is 0 Å². The molecule has 2 saturated carbocycles. The average molecular weight is 432 g/mol. The highest BCUT2D eigenvalue weighted by Crippen LogP contribution is 2.75. The van der Waals surface area contributed by atoms with Crippen molar-refractivity contribution in [3.05, 3.63) is 23.4 Å². The van der Waals surface area contributed by atoms with Crippen LogP contribution in [0.1, 0.15) is 32.6 Å². The number of aliphatic hydroxyl groups is 1. The molecule has 0 aromatic carbocycles. The number of carboxylic acid groups (broad SMARTS) is 1. The Kier molecular flexibility index (Phi) is 5.91. The van der Waals surface area contributed by atoms with Gasteiger partial charge in [-0.2, -0.15) is 0 Å². The molecule has 8 heteroatoms. The number of hydrogen-bond acceptors (Lipinski definition) is 5. The minimum absolute atomic E-state index is 0.181. The maximum absolute atomic E-state index is 12.1. The van der Waals surface area contributed by atoms with E-state index in [1.807, 2.05) is 20.3 Å². The third-order valence-electron chi connectivity index (χ3n) is 8.69. The second kappa shape index (κ2) is 8.22. The molecule has 0 saturated heterocycles. The van der Waals surface area contributed by atoms with Gasteiger partial charge in [0.25, 0.3) is 0 Å². The first kappa shape index (κ1) is 22.3. The largest absolute Gasteiger partial charge is 0.478 e. The number of guanidine groups is 1. The summed E-state index contributed by atoms with van der Waals surface area (Å²) in [4.78, 5) is 18.8. The zero-order chi connectivity index (χ0) is 22.4. The van der Waals surface area contributed by atoms with Gasteiger partial charge < -0.3 is 31.5 Å². The van der Waals surface area contributed by atoms with E-state index in [-0.39, 0.29) is 22.3 Å². The first-order valence-electron chi connectivity index (χ1n) is 11.5. The normalized spacial score (nSPS) is 39.5. The molecule has 0 aromatic rings. The fourth-order valence-electron chi connectivity index (χ4n) is 7.55. The van der Waals surface area contributed by atoms with Crippen LogP contribution in [0.5, 0.6) is 0 Å². The quantitative estimate of drug-likeness (QED) is 0.239. The van der Waals surface area contributed by atoms with Gasteiger partial charge in [0.2, 0.25) is 0 Å². The SMILES string of the molecule is CNCCN=C(N)N1C=C[C@H](CNC)[C@@]2(C1)[C@@H]1CC[C@@H](C)[C@]23C[C@H](O)C(C(=O)O)=C3C1. The lowest BCUT2D eigenvalue weighted by atomic mass is 9.46.